The van der Waals surface area contributed by atoms with Crippen LogP contribution in [0.4, 0.5) is 0 Å². The van der Waals surface area contributed by atoms with Gasteiger partial charge < -0.3 is 0 Å². The summed E-state index contributed by atoms with van der Waals surface area (Å²) in [5.41, 5.74) is 3.27. The first-order chi connectivity index (χ1) is 10.3. The van der Waals surface area contributed by atoms with Crippen molar-refractivity contribution in [3.63, 3.8) is 0 Å². The van der Waals surface area contributed by atoms with E-state index in [0.29, 0.717) is 0 Å². The van der Waals surface area contributed by atoms with Gasteiger partial charge in [-0.05, 0) is 36.8 Å². The van der Waals surface area contributed by atoms with Crippen molar-refractivity contribution in [2.45, 2.75) is 33.6 Å². The van der Waals surface area contributed by atoms with Gasteiger partial charge >= 0.3 is 0 Å². The van der Waals surface area contributed by atoms with Gasteiger partial charge in [0.15, 0.2) is 0 Å². The molecule has 0 aromatic carbocycles. The second-order valence-electron chi connectivity index (χ2n) is 4.24. The van der Waals surface area contributed by atoms with E-state index in [1.165, 1.54) is 5.56 Å². The van der Waals surface area contributed by atoms with Gasteiger partial charge in [0.1, 0.15) is 0 Å². The van der Waals surface area contributed by atoms with Crippen LogP contribution in [0.3, 0.4) is 0 Å². The molecule has 110 valence electrons. The van der Waals surface area contributed by atoms with E-state index >= 15 is 0 Å². The zero-order chi connectivity index (χ0) is 15.5. The van der Waals surface area contributed by atoms with Crippen LogP contribution < -0.4 is 0 Å². The minimum atomic E-state index is 0.287. The Hall–Kier alpha value is -2.29. The summed E-state index contributed by atoms with van der Waals surface area (Å²) in [6, 6.07) is 8.00. The zero-order valence-electron chi connectivity index (χ0n) is 13.2. The third-order valence-corrected chi connectivity index (χ3v) is 2.88. The van der Waals surface area contributed by atoms with Crippen molar-refractivity contribution >= 4 is 11.9 Å². The van der Waals surface area contributed by atoms with Gasteiger partial charge in [0.2, 0.25) is 0 Å². The van der Waals surface area contributed by atoms with Crippen LogP contribution in [-0.2, 0) is 0 Å². The summed E-state index contributed by atoms with van der Waals surface area (Å²) < 4.78 is 0. The van der Waals surface area contributed by atoms with Crippen molar-refractivity contribution in [1.82, 2.24) is 9.97 Å². The maximum atomic E-state index is 4.45. The lowest BCUT2D eigenvalue weighted by Gasteiger charge is -2.09. The van der Waals surface area contributed by atoms with Crippen molar-refractivity contribution < 1.29 is 0 Å². The lowest BCUT2D eigenvalue weighted by molar-refractivity contribution is 0.960. The van der Waals surface area contributed by atoms with Crippen LogP contribution in [-0.4, -0.2) is 16.2 Å². The fourth-order valence-electron chi connectivity index (χ4n) is 1.88. The van der Waals surface area contributed by atoms with Crippen LogP contribution in [0.25, 0.3) is 5.70 Å². The Kier molecular flexibility index (Phi) is 7.65. The van der Waals surface area contributed by atoms with Gasteiger partial charge in [0.05, 0.1) is 5.70 Å². The molecule has 0 amide bonds. The fraction of sp³-hybridized carbons (Fsp3) is 0.278. The number of nitrogens with zero attached hydrogens (tertiary/aromatic N) is 3. The highest BCUT2D eigenvalue weighted by Crippen LogP contribution is 2.23. The molecule has 0 aliphatic rings. The molecule has 2 rings (SSSR count). The summed E-state index contributed by atoms with van der Waals surface area (Å²) in [5, 5.41) is 0. The quantitative estimate of drug-likeness (QED) is 0.759. The summed E-state index contributed by atoms with van der Waals surface area (Å²) >= 11 is 0. The number of pyridine rings is 2. The maximum absolute atomic E-state index is 4.45. The van der Waals surface area contributed by atoms with E-state index in [1.54, 1.807) is 12.4 Å². The zero-order valence-corrected chi connectivity index (χ0v) is 13.2. The summed E-state index contributed by atoms with van der Waals surface area (Å²) in [7, 11) is 0. The van der Waals surface area contributed by atoms with Gasteiger partial charge in [-0.25, -0.2) is 0 Å². The monoisotopic (exact) mass is 281 g/mol. The fourth-order valence-corrected chi connectivity index (χ4v) is 1.88. The Labute approximate surface area is 127 Å². The van der Waals surface area contributed by atoms with Crippen molar-refractivity contribution in [3.05, 3.63) is 66.3 Å². The highest BCUT2D eigenvalue weighted by molar-refractivity contribution is 5.73. The van der Waals surface area contributed by atoms with E-state index in [-0.39, 0.29) is 5.92 Å². The number of allylic oxidation sites excluding steroid dienone is 1. The highest BCUT2D eigenvalue weighted by Gasteiger charge is 2.05. The van der Waals surface area contributed by atoms with Gasteiger partial charge in [0, 0.05) is 42.5 Å². The second-order valence-corrected chi connectivity index (χ2v) is 4.24. The Morgan fingerprint density at radius 2 is 1.52 bits per heavy atom. The molecule has 1 atom stereocenters. The molecule has 1 unspecified atom stereocenters. The third-order valence-electron chi connectivity index (χ3n) is 2.88. The molecule has 0 aliphatic carbocycles. The number of aliphatic imine (C=N–C) groups is 1. The first-order valence-electron chi connectivity index (χ1n) is 7.32. The topological polar surface area (TPSA) is 38.1 Å². The molecule has 0 bridgehead atoms. The van der Waals surface area contributed by atoms with Gasteiger partial charge in [-0.15, -0.1) is 0 Å². The predicted molar refractivity (Wildman–Crippen MR) is 90.4 cm³/mol. The number of rotatable bonds is 4. The number of aromatic nitrogens is 2. The summed E-state index contributed by atoms with van der Waals surface area (Å²) in [5.74, 6) is 0.287. The molecule has 0 saturated heterocycles. The minimum Gasteiger partial charge on any atom is -0.265 e. The van der Waals surface area contributed by atoms with E-state index < -0.39 is 0 Å². The standard InChI is InChI=1S/C16H17N3.C2H6/c1-3-19-16(15-6-10-18-11-7-15)12-13(2)14-4-8-17-9-5-14;1-2/h3-13H,1-2H3;1-2H3/b16-12-,19-3?;. The lowest BCUT2D eigenvalue weighted by Crippen LogP contribution is -1.92. The average molecular weight is 281 g/mol. The average Bonchev–Trinajstić information content (AvgIpc) is 2.58. The molecule has 0 spiro atoms. The van der Waals surface area contributed by atoms with Gasteiger partial charge in [-0.2, -0.15) is 0 Å². The molecule has 3 nitrogen and oxygen atoms in total. The molecule has 0 N–H and O–H groups in total. The molecule has 0 radical (unpaired) electrons. The number of hydrogen-bond acceptors (Lipinski definition) is 3. The van der Waals surface area contributed by atoms with Crippen molar-refractivity contribution in [1.29, 1.82) is 0 Å². The van der Waals surface area contributed by atoms with Gasteiger partial charge in [-0.1, -0.05) is 26.8 Å². The van der Waals surface area contributed by atoms with E-state index in [2.05, 4.69) is 28.0 Å². The molecule has 3 heteroatoms. The summed E-state index contributed by atoms with van der Waals surface area (Å²) in [4.78, 5) is 12.5. The highest BCUT2D eigenvalue weighted by atomic mass is 14.7. The van der Waals surface area contributed by atoms with Crippen LogP contribution in [0.2, 0.25) is 0 Å². The van der Waals surface area contributed by atoms with E-state index in [4.69, 9.17) is 0 Å². The Morgan fingerprint density at radius 3 is 2.05 bits per heavy atom. The molecule has 2 aromatic rings. The Bertz CT molecular complexity index is 560. The van der Waals surface area contributed by atoms with Crippen LogP contribution in [0.1, 0.15) is 44.7 Å². The molecular formula is C18H23N3. The Balaban J connectivity index is 0.00000106. The van der Waals surface area contributed by atoms with E-state index in [1.807, 2.05) is 63.6 Å². The summed E-state index contributed by atoms with van der Waals surface area (Å²) in [6.45, 7) is 8.08. The molecule has 2 heterocycles. The SMILES string of the molecule is CC.CC=N/C(=C\C(C)c1ccncc1)c1ccncc1. The summed E-state index contributed by atoms with van der Waals surface area (Å²) in [6.07, 6.45) is 11.2. The smallest absolute Gasteiger partial charge is 0.0665 e. The third kappa shape index (κ3) is 5.30. The van der Waals surface area contributed by atoms with Gasteiger partial charge in [0.25, 0.3) is 0 Å². The molecule has 2 aromatic heterocycles. The van der Waals surface area contributed by atoms with E-state index in [0.717, 1.165) is 11.3 Å². The Morgan fingerprint density at radius 1 is 1.00 bits per heavy atom. The molecule has 0 aliphatic heterocycles. The van der Waals surface area contributed by atoms with Crippen molar-refractivity contribution in [2.75, 3.05) is 0 Å². The first-order valence-corrected chi connectivity index (χ1v) is 7.32. The maximum Gasteiger partial charge on any atom is 0.0665 e. The van der Waals surface area contributed by atoms with Crippen molar-refractivity contribution in [2.24, 2.45) is 4.99 Å². The van der Waals surface area contributed by atoms with Crippen LogP contribution in [0.15, 0.2) is 60.1 Å². The predicted octanol–water partition coefficient (Wildman–Crippen LogP) is 4.74. The van der Waals surface area contributed by atoms with Crippen LogP contribution in [0, 0.1) is 0 Å². The molecule has 0 fully saturated rings. The van der Waals surface area contributed by atoms with Crippen LogP contribution in [0.5, 0.6) is 0 Å². The lowest BCUT2D eigenvalue weighted by atomic mass is 10.00. The largest absolute Gasteiger partial charge is 0.265 e. The second kappa shape index (κ2) is 9.59. The molecular weight excluding hydrogens is 258 g/mol. The van der Waals surface area contributed by atoms with Gasteiger partial charge in [-0.3, -0.25) is 15.0 Å². The van der Waals surface area contributed by atoms with Crippen LogP contribution >= 0.6 is 0 Å². The minimum absolute atomic E-state index is 0.287. The molecule has 21 heavy (non-hydrogen) atoms. The normalized spacial score (nSPS) is 12.7. The van der Waals surface area contributed by atoms with E-state index in [9.17, 15) is 0 Å². The van der Waals surface area contributed by atoms with Crippen molar-refractivity contribution in [3.8, 4) is 0 Å². The first kappa shape index (κ1) is 16.8. The number of hydrogen-bond donors (Lipinski definition) is 0. The molecule has 0 saturated carbocycles.